The van der Waals surface area contributed by atoms with Gasteiger partial charge in [-0.15, -0.1) is 0 Å². The number of phenols is 1. The van der Waals surface area contributed by atoms with Gasteiger partial charge < -0.3 is 10.2 Å². The predicted octanol–water partition coefficient (Wildman–Crippen LogP) is 4.98. The largest absolute Gasteiger partial charge is 0.508 e. The van der Waals surface area contributed by atoms with E-state index < -0.39 is 5.60 Å². The first-order valence-corrected chi connectivity index (χ1v) is 11.4. The number of hydrogen-bond acceptors (Lipinski definition) is 3. The molecule has 3 fully saturated rings. The maximum Gasteiger partial charge on any atom is 0.135 e. The second-order valence-corrected chi connectivity index (χ2v) is 10.5. The van der Waals surface area contributed by atoms with Gasteiger partial charge in [-0.2, -0.15) is 0 Å². The zero-order chi connectivity index (χ0) is 19.7. The molecule has 0 aromatic heterocycles. The van der Waals surface area contributed by atoms with Gasteiger partial charge in [0, 0.05) is 18.3 Å². The number of aromatic hydroxyl groups is 1. The molecule has 7 atom stereocenters. The summed E-state index contributed by atoms with van der Waals surface area (Å²) in [5.74, 6) is 3.20. The van der Waals surface area contributed by atoms with Crippen LogP contribution in [0, 0.1) is 29.1 Å². The van der Waals surface area contributed by atoms with Gasteiger partial charge in [-0.05, 0) is 85.0 Å². The molecule has 4 aliphatic carbocycles. The molecule has 5 rings (SSSR count). The van der Waals surface area contributed by atoms with Crippen LogP contribution in [0.25, 0.3) is 0 Å². The summed E-state index contributed by atoms with van der Waals surface area (Å²) in [6, 6.07) is 6.00. The van der Waals surface area contributed by atoms with Gasteiger partial charge in [-0.1, -0.05) is 32.8 Å². The maximum atomic E-state index is 12.3. The number of carbonyl (C=O) groups is 1. The molecule has 0 bridgehead atoms. The molecule has 3 heteroatoms. The number of ketones is 1. The lowest BCUT2D eigenvalue weighted by Crippen LogP contribution is -2.56. The van der Waals surface area contributed by atoms with E-state index in [1.165, 1.54) is 24.0 Å². The monoisotopic (exact) mass is 382 g/mol. The van der Waals surface area contributed by atoms with Gasteiger partial charge in [-0.25, -0.2) is 0 Å². The van der Waals surface area contributed by atoms with Gasteiger partial charge in [0.1, 0.15) is 11.5 Å². The fourth-order valence-electron chi connectivity index (χ4n) is 8.12. The van der Waals surface area contributed by atoms with Gasteiger partial charge in [0.2, 0.25) is 0 Å². The van der Waals surface area contributed by atoms with Gasteiger partial charge in [-0.3, -0.25) is 4.79 Å². The van der Waals surface area contributed by atoms with Crippen LogP contribution in [0.5, 0.6) is 5.75 Å². The first-order chi connectivity index (χ1) is 13.4. The van der Waals surface area contributed by atoms with Gasteiger partial charge in [0.05, 0.1) is 5.60 Å². The van der Waals surface area contributed by atoms with Crippen molar-refractivity contribution < 1.29 is 15.0 Å². The highest BCUT2D eigenvalue weighted by Crippen LogP contribution is 2.69. The molecule has 0 radical (unpaired) electrons. The van der Waals surface area contributed by atoms with E-state index in [0.717, 1.165) is 32.1 Å². The molecule has 0 saturated heterocycles. The predicted molar refractivity (Wildman–Crippen MR) is 109 cm³/mol. The third-order valence-electron chi connectivity index (χ3n) is 9.38. The van der Waals surface area contributed by atoms with Crippen LogP contribution in [-0.4, -0.2) is 21.6 Å². The fourth-order valence-corrected chi connectivity index (χ4v) is 8.12. The quantitative estimate of drug-likeness (QED) is 0.758. The van der Waals surface area contributed by atoms with Crippen LogP contribution in [0.3, 0.4) is 0 Å². The summed E-state index contributed by atoms with van der Waals surface area (Å²) in [6.45, 7) is 4.58. The fraction of sp³-hybridized carbons (Fsp3) is 0.720. The Bertz CT molecular complexity index is 801. The molecule has 3 saturated carbocycles. The van der Waals surface area contributed by atoms with Crippen molar-refractivity contribution in [1.82, 2.24) is 0 Å². The number of phenolic OH excluding ortho intramolecular Hbond substituents is 1. The van der Waals surface area contributed by atoms with E-state index in [1.807, 2.05) is 12.1 Å². The minimum absolute atomic E-state index is 0.130. The number of Topliss-reactive ketones (excluding diaryl/α,β-unsaturated/α-hetero) is 1. The summed E-state index contributed by atoms with van der Waals surface area (Å²) in [7, 11) is 0. The molecule has 3 nitrogen and oxygen atoms in total. The molecule has 2 N–H and O–H groups in total. The number of aliphatic hydroxyl groups is 1. The Hall–Kier alpha value is -1.35. The molecule has 0 aliphatic heterocycles. The Kier molecular flexibility index (Phi) is 4.21. The van der Waals surface area contributed by atoms with Crippen LogP contribution >= 0.6 is 0 Å². The minimum atomic E-state index is -0.788. The van der Waals surface area contributed by atoms with Gasteiger partial charge in [0.15, 0.2) is 0 Å². The summed E-state index contributed by atoms with van der Waals surface area (Å²) >= 11 is 0. The molecule has 0 heterocycles. The van der Waals surface area contributed by atoms with E-state index in [4.69, 9.17) is 0 Å². The topological polar surface area (TPSA) is 57.5 Å². The van der Waals surface area contributed by atoms with Crippen molar-refractivity contribution in [1.29, 1.82) is 0 Å². The number of fused-ring (bicyclic) bond motifs is 7. The smallest absolute Gasteiger partial charge is 0.135 e. The van der Waals surface area contributed by atoms with Crippen LogP contribution in [-0.2, 0) is 11.2 Å². The third kappa shape index (κ3) is 2.41. The number of benzene rings is 1. The lowest BCUT2D eigenvalue weighted by Gasteiger charge is -2.56. The van der Waals surface area contributed by atoms with Crippen LogP contribution in [0.4, 0.5) is 0 Å². The molecular weight excluding hydrogens is 348 g/mol. The first kappa shape index (κ1) is 18.7. The van der Waals surface area contributed by atoms with Crippen molar-refractivity contribution in [2.45, 2.75) is 83.2 Å². The van der Waals surface area contributed by atoms with Crippen molar-refractivity contribution in [3.63, 3.8) is 0 Å². The van der Waals surface area contributed by atoms with Crippen LogP contribution < -0.4 is 0 Å². The Balaban J connectivity index is 1.57. The molecule has 152 valence electrons. The number of hydrogen-bond donors (Lipinski definition) is 2. The second-order valence-electron chi connectivity index (χ2n) is 10.5. The normalized spacial score (nSPS) is 44.4. The average Bonchev–Trinajstić information content (AvgIpc) is 2.88. The number of rotatable bonds is 2. The lowest BCUT2D eigenvalue weighted by molar-refractivity contribution is -0.156. The average molecular weight is 383 g/mol. The molecule has 0 amide bonds. The summed E-state index contributed by atoms with van der Waals surface area (Å²) in [5, 5.41) is 21.8. The zero-order valence-electron chi connectivity index (χ0n) is 17.3. The molecule has 1 aromatic carbocycles. The van der Waals surface area contributed by atoms with Crippen LogP contribution in [0.1, 0.15) is 82.3 Å². The standard InChI is InChI=1S/C25H34O3/c1-3-4-15-11-16-12-18(26)7-8-20(16)21-9-10-24(2)22(23(15)21)13-17-5-6-19(27)14-25(17,24)28/h7-8,12,15,17,21-23,26,28H,3-6,9-11,13-14H2,1-2H3. The van der Waals surface area contributed by atoms with E-state index in [0.29, 0.717) is 48.2 Å². The van der Waals surface area contributed by atoms with Crippen molar-refractivity contribution >= 4 is 5.78 Å². The minimum Gasteiger partial charge on any atom is -0.508 e. The molecule has 4 aliphatic rings. The Morgan fingerprint density at radius 2 is 2.07 bits per heavy atom. The summed E-state index contributed by atoms with van der Waals surface area (Å²) in [5.41, 5.74) is 1.86. The molecule has 1 aromatic rings. The van der Waals surface area contributed by atoms with E-state index in [9.17, 15) is 15.0 Å². The Morgan fingerprint density at radius 3 is 2.86 bits per heavy atom. The maximum absolute atomic E-state index is 12.3. The summed E-state index contributed by atoms with van der Waals surface area (Å²) in [4.78, 5) is 12.3. The van der Waals surface area contributed by atoms with Crippen molar-refractivity contribution in [3.05, 3.63) is 29.3 Å². The van der Waals surface area contributed by atoms with E-state index in [2.05, 4.69) is 19.9 Å². The second kappa shape index (κ2) is 6.32. The highest BCUT2D eigenvalue weighted by molar-refractivity contribution is 5.80. The van der Waals surface area contributed by atoms with Crippen LogP contribution in [0.15, 0.2) is 18.2 Å². The lowest BCUT2D eigenvalue weighted by atomic mass is 9.49. The Morgan fingerprint density at radius 1 is 1.25 bits per heavy atom. The number of carbonyl (C=O) groups excluding carboxylic acids is 1. The molecule has 7 unspecified atom stereocenters. The van der Waals surface area contributed by atoms with E-state index in [1.54, 1.807) is 0 Å². The Labute approximate surface area is 168 Å². The van der Waals surface area contributed by atoms with Crippen molar-refractivity contribution in [2.75, 3.05) is 0 Å². The highest BCUT2D eigenvalue weighted by Gasteiger charge is 2.67. The van der Waals surface area contributed by atoms with Gasteiger partial charge in [0.25, 0.3) is 0 Å². The highest BCUT2D eigenvalue weighted by atomic mass is 16.3. The van der Waals surface area contributed by atoms with Gasteiger partial charge >= 0.3 is 0 Å². The molecule has 0 spiro atoms. The zero-order valence-corrected chi connectivity index (χ0v) is 17.3. The van der Waals surface area contributed by atoms with Crippen molar-refractivity contribution in [2.24, 2.45) is 29.1 Å². The SMILES string of the molecule is CCCC1Cc2cc(O)ccc2C2CCC3(C)C(CC4CCC(=O)CC43O)C12. The molecule has 28 heavy (non-hydrogen) atoms. The van der Waals surface area contributed by atoms with Crippen LogP contribution in [0.2, 0.25) is 0 Å². The van der Waals surface area contributed by atoms with Crippen molar-refractivity contribution in [3.8, 4) is 5.75 Å². The third-order valence-corrected chi connectivity index (χ3v) is 9.38. The summed E-state index contributed by atoms with van der Waals surface area (Å²) in [6.07, 6.45) is 8.55. The van der Waals surface area contributed by atoms with E-state index in [-0.39, 0.29) is 11.2 Å². The first-order valence-electron chi connectivity index (χ1n) is 11.4. The summed E-state index contributed by atoms with van der Waals surface area (Å²) < 4.78 is 0. The molecular formula is C25H34O3. The van der Waals surface area contributed by atoms with E-state index >= 15 is 0 Å².